The van der Waals surface area contributed by atoms with Crippen molar-refractivity contribution in [1.82, 2.24) is 10.1 Å². The molecule has 21 heavy (non-hydrogen) atoms. The summed E-state index contributed by atoms with van der Waals surface area (Å²) in [7, 11) is 1.56. The molecule has 0 N–H and O–H groups in total. The van der Waals surface area contributed by atoms with Crippen LogP contribution >= 0.6 is 10.7 Å². The van der Waals surface area contributed by atoms with Crippen LogP contribution in [-0.4, -0.2) is 18.6 Å². The molecule has 112 valence electrons. The lowest BCUT2D eigenvalue weighted by Crippen LogP contribution is -2.00. The number of aryl methyl sites for hydroxylation is 1. The Morgan fingerprint density at radius 3 is 2.81 bits per heavy atom. The van der Waals surface area contributed by atoms with Crippen LogP contribution in [0.4, 0.5) is 0 Å². The highest BCUT2D eigenvalue weighted by atomic mass is 35.7. The zero-order chi connectivity index (χ0) is 15.0. The maximum atomic E-state index is 11.2. The number of ether oxygens (including phenoxy) is 1. The van der Waals surface area contributed by atoms with Crippen LogP contribution in [0.2, 0.25) is 0 Å². The molecule has 1 aliphatic rings. The van der Waals surface area contributed by atoms with E-state index in [9.17, 15) is 8.42 Å². The summed E-state index contributed by atoms with van der Waals surface area (Å²) in [5.41, 5.74) is 0.669. The molecule has 0 aliphatic heterocycles. The van der Waals surface area contributed by atoms with E-state index in [2.05, 4.69) is 10.1 Å². The fourth-order valence-corrected chi connectivity index (χ4v) is 2.74. The second-order valence-corrected chi connectivity index (χ2v) is 7.54. The number of nitrogens with zero attached hydrogens (tertiary/aromatic N) is 2. The monoisotopic (exact) mass is 328 g/mol. The number of hydrogen-bond donors (Lipinski definition) is 0. The number of aromatic nitrogens is 2. The van der Waals surface area contributed by atoms with Gasteiger partial charge in [0, 0.05) is 16.6 Å². The highest BCUT2D eigenvalue weighted by Gasteiger charge is 2.29. The number of rotatable bonds is 5. The molecule has 0 saturated heterocycles. The first kappa shape index (κ1) is 14.3. The first-order chi connectivity index (χ1) is 9.93. The average Bonchev–Trinajstić information content (AvgIpc) is 3.16. The van der Waals surface area contributed by atoms with Crippen LogP contribution in [0.25, 0.3) is 0 Å². The van der Waals surface area contributed by atoms with Gasteiger partial charge in [0.05, 0.1) is 4.90 Å². The van der Waals surface area contributed by atoms with E-state index in [1.165, 1.54) is 12.1 Å². The van der Waals surface area contributed by atoms with Crippen molar-refractivity contribution in [2.75, 3.05) is 0 Å². The topological polar surface area (TPSA) is 82.3 Å². The van der Waals surface area contributed by atoms with Gasteiger partial charge in [0.1, 0.15) is 5.75 Å². The second kappa shape index (κ2) is 5.31. The lowest BCUT2D eigenvalue weighted by Gasteiger charge is -2.07. The van der Waals surface area contributed by atoms with Crippen LogP contribution in [-0.2, 0) is 15.7 Å². The van der Waals surface area contributed by atoms with Gasteiger partial charge in [-0.3, -0.25) is 0 Å². The molecule has 2 aromatic rings. The quantitative estimate of drug-likeness (QED) is 0.785. The Bertz CT molecular complexity index is 768. The molecule has 1 heterocycles. The highest BCUT2D eigenvalue weighted by Crippen LogP contribution is 2.38. The van der Waals surface area contributed by atoms with Crippen LogP contribution in [0.5, 0.6) is 5.75 Å². The first-order valence-corrected chi connectivity index (χ1v) is 8.75. The summed E-state index contributed by atoms with van der Waals surface area (Å²) in [4.78, 5) is 4.30. The summed E-state index contributed by atoms with van der Waals surface area (Å²) in [5, 5.41) is 3.85. The molecule has 0 unspecified atom stereocenters. The summed E-state index contributed by atoms with van der Waals surface area (Å²) < 4.78 is 33.2. The third kappa shape index (κ3) is 3.36. The van der Waals surface area contributed by atoms with E-state index >= 15 is 0 Å². The molecule has 0 atom stereocenters. The lowest BCUT2D eigenvalue weighted by atomic mass is 10.2. The molecule has 0 spiro atoms. The SMILES string of the molecule is Cc1cc(S(=O)(=O)Cl)ccc1OCc1noc(C2CC2)n1. The minimum absolute atomic E-state index is 0.0459. The Labute approximate surface area is 126 Å². The minimum atomic E-state index is -3.73. The zero-order valence-corrected chi connectivity index (χ0v) is 12.8. The Hall–Kier alpha value is -1.60. The van der Waals surface area contributed by atoms with E-state index < -0.39 is 9.05 Å². The smallest absolute Gasteiger partial charge is 0.261 e. The summed E-state index contributed by atoms with van der Waals surface area (Å²) >= 11 is 0. The van der Waals surface area contributed by atoms with Gasteiger partial charge in [0.15, 0.2) is 6.61 Å². The van der Waals surface area contributed by atoms with Gasteiger partial charge < -0.3 is 9.26 Å². The molecule has 6 nitrogen and oxygen atoms in total. The van der Waals surface area contributed by atoms with Gasteiger partial charge in [0.2, 0.25) is 11.7 Å². The Morgan fingerprint density at radius 1 is 1.43 bits per heavy atom. The molecule has 1 aromatic carbocycles. The van der Waals surface area contributed by atoms with Crippen LogP contribution < -0.4 is 4.74 Å². The lowest BCUT2D eigenvalue weighted by molar-refractivity contribution is 0.283. The van der Waals surface area contributed by atoms with Crippen molar-refractivity contribution in [3.05, 3.63) is 35.5 Å². The standard InChI is InChI=1S/C13H13ClN2O4S/c1-8-6-10(21(14,17)18)4-5-11(8)19-7-12-15-13(20-16-12)9-2-3-9/h4-6,9H,2-3,7H2,1H3. The van der Waals surface area contributed by atoms with Crippen molar-refractivity contribution in [2.45, 2.75) is 37.2 Å². The maximum absolute atomic E-state index is 11.2. The van der Waals surface area contributed by atoms with Gasteiger partial charge in [-0.05, 0) is 43.5 Å². The van der Waals surface area contributed by atoms with Crippen LogP contribution in [0.15, 0.2) is 27.6 Å². The molecule has 0 bridgehead atoms. The first-order valence-electron chi connectivity index (χ1n) is 6.44. The second-order valence-electron chi connectivity index (χ2n) is 4.98. The third-order valence-electron chi connectivity index (χ3n) is 3.20. The molecule has 1 aliphatic carbocycles. The van der Waals surface area contributed by atoms with Gasteiger partial charge in [-0.25, -0.2) is 8.42 Å². The van der Waals surface area contributed by atoms with Crippen molar-refractivity contribution in [3.63, 3.8) is 0 Å². The molecule has 1 fully saturated rings. The molecular weight excluding hydrogens is 316 g/mol. The molecule has 8 heteroatoms. The van der Waals surface area contributed by atoms with Gasteiger partial charge in [-0.2, -0.15) is 4.98 Å². The summed E-state index contributed by atoms with van der Waals surface area (Å²) in [6.45, 7) is 1.91. The maximum Gasteiger partial charge on any atom is 0.261 e. The van der Waals surface area contributed by atoms with E-state index in [1.54, 1.807) is 13.0 Å². The van der Waals surface area contributed by atoms with E-state index in [-0.39, 0.29) is 11.5 Å². The average molecular weight is 329 g/mol. The van der Waals surface area contributed by atoms with Gasteiger partial charge in [-0.15, -0.1) is 0 Å². The fourth-order valence-electron chi connectivity index (χ4n) is 1.90. The summed E-state index contributed by atoms with van der Waals surface area (Å²) in [6.07, 6.45) is 2.19. The van der Waals surface area contributed by atoms with Crippen molar-refractivity contribution in [3.8, 4) is 5.75 Å². The molecule has 1 saturated carbocycles. The van der Waals surface area contributed by atoms with Crippen molar-refractivity contribution >= 4 is 19.7 Å². The van der Waals surface area contributed by atoms with Gasteiger partial charge in [-0.1, -0.05) is 5.16 Å². The highest BCUT2D eigenvalue weighted by molar-refractivity contribution is 8.13. The summed E-state index contributed by atoms with van der Waals surface area (Å²) in [5.74, 6) is 2.09. The predicted octanol–water partition coefficient (Wildman–Crippen LogP) is 2.76. The van der Waals surface area contributed by atoms with Crippen molar-refractivity contribution < 1.29 is 17.7 Å². The van der Waals surface area contributed by atoms with E-state index in [4.69, 9.17) is 19.9 Å². The summed E-state index contributed by atoms with van der Waals surface area (Å²) in [6, 6.07) is 4.42. The third-order valence-corrected chi connectivity index (χ3v) is 4.55. The minimum Gasteiger partial charge on any atom is -0.485 e. The van der Waals surface area contributed by atoms with E-state index in [1.807, 2.05) is 0 Å². The van der Waals surface area contributed by atoms with Crippen molar-refractivity contribution in [2.24, 2.45) is 0 Å². The Morgan fingerprint density at radius 2 is 2.19 bits per heavy atom. The van der Waals surface area contributed by atoms with Crippen LogP contribution in [0.3, 0.4) is 0 Å². The normalized spacial score (nSPS) is 15.1. The van der Waals surface area contributed by atoms with E-state index in [0.29, 0.717) is 28.9 Å². The molecule has 3 rings (SSSR count). The Kier molecular flexibility index (Phi) is 3.62. The van der Waals surface area contributed by atoms with Gasteiger partial charge in [0.25, 0.3) is 9.05 Å². The number of benzene rings is 1. The predicted molar refractivity (Wildman–Crippen MR) is 74.8 cm³/mol. The van der Waals surface area contributed by atoms with Crippen molar-refractivity contribution in [1.29, 1.82) is 0 Å². The number of hydrogen-bond acceptors (Lipinski definition) is 6. The molecule has 0 amide bonds. The molecule has 0 radical (unpaired) electrons. The zero-order valence-electron chi connectivity index (χ0n) is 11.2. The van der Waals surface area contributed by atoms with E-state index in [0.717, 1.165) is 12.8 Å². The molecule has 1 aromatic heterocycles. The van der Waals surface area contributed by atoms with Gasteiger partial charge >= 0.3 is 0 Å². The van der Waals surface area contributed by atoms with Crippen LogP contribution in [0, 0.1) is 6.92 Å². The molecular formula is C13H13ClN2O4S. The fraction of sp³-hybridized carbons (Fsp3) is 0.385. The largest absolute Gasteiger partial charge is 0.485 e. The number of halogens is 1. The van der Waals surface area contributed by atoms with Crippen LogP contribution in [0.1, 0.15) is 36.0 Å². The Balaban J connectivity index is 1.69.